The summed E-state index contributed by atoms with van der Waals surface area (Å²) in [6.07, 6.45) is 1.57. The highest BCUT2D eigenvalue weighted by atomic mass is 19.1. The Labute approximate surface area is 192 Å². The van der Waals surface area contributed by atoms with Crippen LogP contribution in [0.2, 0.25) is 0 Å². The third kappa shape index (κ3) is 5.46. The smallest absolute Gasteiger partial charge is 0.205 e. The van der Waals surface area contributed by atoms with Gasteiger partial charge in [0.05, 0.1) is 25.0 Å². The summed E-state index contributed by atoms with van der Waals surface area (Å²) in [5.74, 6) is 0.880. The molecule has 1 aromatic heterocycles. The summed E-state index contributed by atoms with van der Waals surface area (Å²) in [6.45, 7) is 8.04. The van der Waals surface area contributed by atoms with Crippen LogP contribution in [-0.4, -0.2) is 63.4 Å². The van der Waals surface area contributed by atoms with Gasteiger partial charge in [-0.15, -0.1) is 0 Å². The van der Waals surface area contributed by atoms with Gasteiger partial charge in [-0.1, -0.05) is 0 Å². The molecule has 2 aromatic carbocycles. The number of furan rings is 1. The molecule has 0 saturated carbocycles. The van der Waals surface area contributed by atoms with E-state index in [9.17, 15) is 9.18 Å². The van der Waals surface area contributed by atoms with E-state index < -0.39 is 0 Å². The molecule has 7 nitrogen and oxygen atoms in total. The number of carbonyl (C=O) groups is 1. The van der Waals surface area contributed by atoms with Crippen molar-refractivity contribution in [3.8, 4) is 17.2 Å². The second-order valence-corrected chi connectivity index (χ2v) is 7.83. The van der Waals surface area contributed by atoms with Gasteiger partial charge >= 0.3 is 0 Å². The minimum atomic E-state index is -0.325. The van der Waals surface area contributed by atoms with E-state index in [2.05, 4.69) is 4.90 Å². The summed E-state index contributed by atoms with van der Waals surface area (Å²) in [5.41, 5.74) is 1.81. The predicted octanol–water partition coefficient (Wildman–Crippen LogP) is 4.25. The van der Waals surface area contributed by atoms with Gasteiger partial charge in [-0.3, -0.25) is 9.69 Å². The van der Waals surface area contributed by atoms with Crippen LogP contribution in [0.25, 0.3) is 11.0 Å². The monoisotopic (exact) mass is 457 g/mol. The van der Waals surface area contributed by atoms with E-state index in [1.807, 2.05) is 13.0 Å². The third-order valence-corrected chi connectivity index (χ3v) is 5.61. The number of fused-ring (bicyclic) bond motifs is 1. The average Bonchev–Trinajstić information content (AvgIpc) is 3.30. The number of carbonyl (C=O) groups excluding carboxylic acids is 1. The van der Waals surface area contributed by atoms with Crippen LogP contribution < -0.4 is 14.2 Å². The predicted molar refractivity (Wildman–Crippen MR) is 121 cm³/mol. The van der Waals surface area contributed by atoms with Gasteiger partial charge in [0.2, 0.25) is 5.75 Å². The lowest BCUT2D eigenvalue weighted by molar-refractivity contribution is 0.0320. The molecule has 0 radical (unpaired) electrons. The molecule has 1 aliphatic heterocycles. The zero-order valence-corrected chi connectivity index (χ0v) is 18.9. The standard InChI is InChI=1S/C25H28FNO6/c1-17-21-7-11-31-23(21)25(33-16-15-30-20-5-3-19(26)4-6-20)24(22(17)18(2)28)32-14-10-27-8-12-29-13-9-27/h3-7,11H,8-10,12-16H2,1-2H3. The second kappa shape index (κ2) is 10.7. The Bertz CT molecular complexity index is 1090. The van der Waals surface area contributed by atoms with Gasteiger partial charge in [0.25, 0.3) is 0 Å². The summed E-state index contributed by atoms with van der Waals surface area (Å²) in [4.78, 5) is 14.8. The maximum atomic E-state index is 13.1. The molecule has 0 unspecified atom stereocenters. The van der Waals surface area contributed by atoms with E-state index >= 15 is 0 Å². The van der Waals surface area contributed by atoms with Crippen LogP contribution in [0, 0.1) is 12.7 Å². The molecule has 0 aliphatic carbocycles. The van der Waals surface area contributed by atoms with Crippen molar-refractivity contribution < 1.29 is 32.5 Å². The molecule has 1 saturated heterocycles. The molecular weight excluding hydrogens is 429 g/mol. The fourth-order valence-corrected chi connectivity index (χ4v) is 3.93. The van der Waals surface area contributed by atoms with Crippen LogP contribution in [0.5, 0.6) is 17.2 Å². The van der Waals surface area contributed by atoms with Crippen molar-refractivity contribution in [2.45, 2.75) is 13.8 Å². The summed E-state index contributed by atoms with van der Waals surface area (Å²) in [5, 5.41) is 0.801. The van der Waals surface area contributed by atoms with E-state index in [-0.39, 0.29) is 24.8 Å². The van der Waals surface area contributed by atoms with Gasteiger partial charge in [0, 0.05) is 25.0 Å². The van der Waals surface area contributed by atoms with Gasteiger partial charge in [0.1, 0.15) is 31.4 Å². The number of halogens is 1. The molecule has 1 aliphatic rings. The van der Waals surface area contributed by atoms with Crippen molar-refractivity contribution in [3.05, 3.63) is 53.5 Å². The normalized spacial score (nSPS) is 14.4. The Morgan fingerprint density at radius 2 is 1.70 bits per heavy atom. The van der Waals surface area contributed by atoms with Crippen molar-refractivity contribution in [2.75, 3.05) is 52.7 Å². The lowest BCUT2D eigenvalue weighted by Crippen LogP contribution is -2.38. The van der Waals surface area contributed by atoms with Crippen molar-refractivity contribution in [1.82, 2.24) is 4.90 Å². The van der Waals surface area contributed by atoms with Gasteiger partial charge in [-0.2, -0.15) is 0 Å². The first-order chi connectivity index (χ1) is 16.0. The molecule has 3 aromatic rings. The van der Waals surface area contributed by atoms with E-state index in [4.69, 9.17) is 23.4 Å². The van der Waals surface area contributed by atoms with Crippen molar-refractivity contribution in [3.63, 3.8) is 0 Å². The molecule has 8 heteroatoms. The molecule has 0 amide bonds. The van der Waals surface area contributed by atoms with Gasteiger partial charge in [-0.25, -0.2) is 4.39 Å². The number of ketones is 1. The number of morpholine rings is 1. The Morgan fingerprint density at radius 3 is 2.42 bits per heavy atom. The van der Waals surface area contributed by atoms with Crippen LogP contribution >= 0.6 is 0 Å². The zero-order valence-electron chi connectivity index (χ0n) is 18.9. The Morgan fingerprint density at radius 1 is 1.00 bits per heavy atom. The topological polar surface area (TPSA) is 70.4 Å². The van der Waals surface area contributed by atoms with Crippen LogP contribution in [0.3, 0.4) is 0 Å². The molecule has 0 N–H and O–H groups in total. The Hall–Kier alpha value is -3.10. The average molecular weight is 457 g/mol. The lowest BCUT2D eigenvalue weighted by atomic mass is 9.99. The first kappa shape index (κ1) is 23.1. The molecule has 1 fully saturated rings. The number of benzene rings is 2. The Balaban J connectivity index is 1.52. The fourth-order valence-electron chi connectivity index (χ4n) is 3.93. The largest absolute Gasteiger partial charge is 0.490 e. The van der Waals surface area contributed by atoms with Crippen molar-refractivity contribution >= 4 is 16.8 Å². The fraction of sp³-hybridized carbons (Fsp3) is 0.400. The van der Waals surface area contributed by atoms with Gasteiger partial charge in [0.15, 0.2) is 17.1 Å². The number of rotatable bonds is 10. The van der Waals surface area contributed by atoms with Gasteiger partial charge in [-0.05, 0) is 49.7 Å². The highest BCUT2D eigenvalue weighted by Gasteiger charge is 2.25. The number of aryl methyl sites for hydroxylation is 1. The van der Waals surface area contributed by atoms with Crippen molar-refractivity contribution in [1.29, 1.82) is 0 Å². The van der Waals surface area contributed by atoms with Crippen LogP contribution in [0.4, 0.5) is 4.39 Å². The molecule has 176 valence electrons. The van der Waals surface area contributed by atoms with Gasteiger partial charge < -0.3 is 23.4 Å². The number of hydrogen-bond acceptors (Lipinski definition) is 7. The summed E-state index contributed by atoms with van der Waals surface area (Å²) in [6, 6.07) is 7.60. The third-order valence-electron chi connectivity index (χ3n) is 5.61. The van der Waals surface area contributed by atoms with E-state index in [1.54, 1.807) is 18.4 Å². The summed E-state index contributed by atoms with van der Waals surface area (Å²) in [7, 11) is 0. The number of ether oxygens (including phenoxy) is 4. The molecule has 0 bridgehead atoms. The van der Waals surface area contributed by atoms with E-state index in [0.717, 1.165) is 24.0 Å². The molecule has 0 atom stereocenters. The maximum absolute atomic E-state index is 13.1. The number of nitrogens with zero attached hydrogens (tertiary/aromatic N) is 1. The molecule has 2 heterocycles. The number of hydrogen-bond donors (Lipinski definition) is 0. The maximum Gasteiger partial charge on any atom is 0.205 e. The van der Waals surface area contributed by atoms with Crippen molar-refractivity contribution in [2.24, 2.45) is 0 Å². The first-order valence-corrected chi connectivity index (χ1v) is 11.0. The SMILES string of the molecule is CC(=O)c1c(OCCN2CCOCC2)c(OCCOc2ccc(F)cc2)c2occc2c1C. The minimum absolute atomic E-state index is 0.107. The quantitative estimate of drug-likeness (QED) is 0.333. The number of Topliss-reactive ketones (excluding diaryl/α,β-unsaturated/α-hetero) is 1. The first-order valence-electron chi connectivity index (χ1n) is 11.0. The molecule has 4 rings (SSSR count). The highest BCUT2D eigenvalue weighted by Crippen LogP contribution is 2.42. The lowest BCUT2D eigenvalue weighted by Gasteiger charge is -2.26. The second-order valence-electron chi connectivity index (χ2n) is 7.83. The van der Waals surface area contributed by atoms with E-state index in [0.29, 0.717) is 54.8 Å². The van der Waals surface area contributed by atoms with Crippen LogP contribution in [0.15, 0.2) is 41.0 Å². The summed E-state index contributed by atoms with van der Waals surface area (Å²) < 4.78 is 42.0. The summed E-state index contributed by atoms with van der Waals surface area (Å²) >= 11 is 0. The van der Waals surface area contributed by atoms with E-state index in [1.165, 1.54) is 19.1 Å². The Kier molecular flexibility index (Phi) is 7.47. The van der Waals surface area contributed by atoms with Crippen LogP contribution in [0.1, 0.15) is 22.8 Å². The zero-order chi connectivity index (χ0) is 23.2. The molecular formula is C25H28FNO6. The molecule has 33 heavy (non-hydrogen) atoms. The van der Waals surface area contributed by atoms with Crippen LogP contribution in [-0.2, 0) is 4.74 Å². The molecule has 0 spiro atoms. The highest BCUT2D eigenvalue weighted by molar-refractivity contribution is 6.05. The minimum Gasteiger partial charge on any atom is -0.490 e.